The van der Waals surface area contributed by atoms with E-state index in [1.54, 1.807) is 12.1 Å². The van der Waals surface area contributed by atoms with Gasteiger partial charge in [0.15, 0.2) is 0 Å². The zero-order chi connectivity index (χ0) is 19.3. The Labute approximate surface area is 161 Å². The molecule has 0 saturated carbocycles. The van der Waals surface area contributed by atoms with Gasteiger partial charge >= 0.3 is 12.1 Å². The number of carbonyl (C=O) groups is 2. The van der Waals surface area contributed by atoms with Crippen LogP contribution in [0.3, 0.4) is 0 Å². The zero-order valence-corrected chi connectivity index (χ0v) is 15.8. The minimum atomic E-state index is -4.56. The maximum atomic E-state index is 12.8. The van der Waals surface area contributed by atoms with E-state index in [0.717, 1.165) is 27.3 Å². The van der Waals surface area contributed by atoms with Crippen LogP contribution in [-0.4, -0.2) is 25.0 Å². The highest BCUT2D eigenvalue weighted by atomic mass is 127. The fraction of sp³-hybridized carbons (Fsp3) is 0.222. The molecule has 1 atom stereocenters. The number of methoxy groups -OCH3 is 1. The van der Waals surface area contributed by atoms with Crippen LogP contribution in [0, 0.1) is 3.57 Å². The predicted molar refractivity (Wildman–Crippen MR) is 97.6 cm³/mol. The van der Waals surface area contributed by atoms with Gasteiger partial charge in [-0.05, 0) is 58.5 Å². The smallest absolute Gasteiger partial charge is 0.416 e. The Kier molecular flexibility index (Phi) is 6.63. The van der Waals surface area contributed by atoms with Gasteiger partial charge in [0.05, 0.1) is 12.7 Å². The number of esters is 1. The van der Waals surface area contributed by atoms with E-state index in [4.69, 9.17) is 4.74 Å². The lowest BCUT2D eigenvalue weighted by atomic mass is 10.0. The molecule has 2 rings (SSSR count). The van der Waals surface area contributed by atoms with Gasteiger partial charge in [-0.15, -0.1) is 0 Å². The molecular weight excluding hydrogens is 462 g/mol. The number of ether oxygens (including phenoxy) is 1. The van der Waals surface area contributed by atoms with Gasteiger partial charge in [-0.2, -0.15) is 13.2 Å². The number of hydrogen-bond donors (Lipinski definition) is 1. The van der Waals surface area contributed by atoms with Gasteiger partial charge in [0.2, 0.25) is 0 Å². The van der Waals surface area contributed by atoms with Crippen LogP contribution in [0.1, 0.15) is 21.5 Å². The highest BCUT2D eigenvalue weighted by Gasteiger charge is 2.31. The summed E-state index contributed by atoms with van der Waals surface area (Å²) in [6.07, 6.45) is -4.40. The Morgan fingerprint density at radius 1 is 1.15 bits per heavy atom. The van der Waals surface area contributed by atoms with Crippen LogP contribution < -0.4 is 5.32 Å². The Morgan fingerprint density at radius 3 is 2.46 bits per heavy atom. The molecule has 0 heterocycles. The topological polar surface area (TPSA) is 55.4 Å². The number of alkyl halides is 3. The Balaban J connectivity index is 2.20. The van der Waals surface area contributed by atoms with Crippen LogP contribution in [0.5, 0.6) is 0 Å². The number of carbonyl (C=O) groups excluding carboxylic acids is 2. The predicted octanol–water partition coefficient (Wildman–Crippen LogP) is 3.82. The van der Waals surface area contributed by atoms with E-state index in [-0.39, 0.29) is 12.0 Å². The third kappa shape index (κ3) is 5.45. The second-order valence-corrected chi connectivity index (χ2v) is 6.71. The molecule has 26 heavy (non-hydrogen) atoms. The molecule has 0 bridgehead atoms. The maximum Gasteiger partial charge on any atom is 0.416 e. The van der Waals surface area contributed by atoms with E-state index in [0.29, 0.717) is 0 Å². The molecule has 138 valence electrons. The molecule has 0 aliphatic rings. The molecule has 0 aromatic heterocycles. The van der Waals surface area contributed by atoms with Gasteiger partial charge in [-0.25, -0.2) is 4.79 Å². The Hall–Kier alpha value is -2.10. The van der Waals surface area contributed by atoms with Crippen molar-refractivity contribution in [1.82, 2.24) is 5.32 Å². The summed E-state index contributed by atoms with van der Waals surface area (Å²) in [6, 6.07) is 10.3. The first-order valence-electron chi connectivity index (χ1n) is 7.51. The van der Waals surface area contributed by atoms with Crippen molar-refractivity contribution in [3.05, 3.63) is 68.8 Å². The largest absolute Gasteiger partial charge is 0.467 e. The SMILES string of the molecule is COC(=O)[C@H](Cc1cccc(I)c1)NC(=O)c1cccc(C(F)(F)F)c1. The summed E-state index contributed by atoms with van der Waals surface area (Å²) in [5.41, 5.74) is -0.328. The molecule has 2 aromatic carbocycles. The summed E-state index contributed by atoms with van der Waals surface area (Å²) in [4.78, 5) is 24.3. The molecule has 0 spiro atoms. The fourth-order valence-corrected chi connectivity index (χ4v) is 2.92. The highest BCUT2D eigenvalue weighted by molar-refractivity contribution is 14.1. The lowest BCUT2D eigenvalue weighted by molar-refractivity contribution is -0.143. The summed E-state index contributed by atoms with van der Waals surface area (Å²) in [7, 11) is 1.18. The first kappa shape index (κ1) is 20.2. The third-order valence-corrected chi connectivity index (χ3v) is 4.24. The number of amides is 1. The van der Waals surface area contributed by atoms with E-state index in [1.165, 1.54) is 13.2 Å². The third-order valence-electron chi connectivity index (χ3n) is 3.57. The van der Waals surface area contributed by atoms with Gasteiger partial charge in [-0.1, -0.05) is 18.2 Å². The number of hydrogen-bond acceptors (Lipinski definition) is 3. The molecule has 1 amide bonds. The number of nitrogens with one attached hydrogen (secondary N) is 1. The Bertz CT molecular complexity index is 808. The van der Waals surface area contributed by atoms with Gasteiger partial charge in [0.1, 0.15) is 6.04 Å². The summed E-state index contributed by atoms with van der Waals surface area (Å²) in [6.45, 7) is 0. The van der Waals surface area contributed by atoms with E-state index < -0.39 is 29.7 Å². The van der Waals surface area contributed by atoms with Crippen molar-refractivity contribution in [3.63, 3.8) is 0 Å². The second kappa shape index (κ2) is 8.52. The van der Waals surface area contributed by atoms with Crippen LogP contribution in [0.2, 0.25) is 0 Å². The van der Waals surface area contributed by atoms with Crippen LogP contribution >= 0.6 is 22.6 Å². The molecule has 0 fully saturated rings. The Morgan fingerprint density at radius 2 is 1.85 bits per heavy atom. The summed E-state index contributed by atoms with van der Waals surface area (Å²) < 4.78 is 44.0. The maximum absolute atomic E-state index is 12.8. The van der Waals surface area contributed by atoms with Crippen LogP contribution in [-0.2, 0) is 22.1 Å². The normalized spacial score (nSPS) is 12.3. The average molecular weight is 477 g/mol. The quantitative estimate of drug-likeness (QED) is 0.527. The fourth-order valence-electron chi connectivity index (χ4n) is 2.31. The molecule has 0 unspecified atom stereocenters. The van der Waals surface area contributed by atoms with Crippen molar-refractivity contribution in [2.24, 2.45) is 0 Å². The number of benzene rings is 2. The summed E-state index contributed by atoms with van der Waals surface area (Å²) >= 11 is 2.11. The average Bonchev–Trinajstić information content (AvgIpc) is 2.60. The van der Waals surface area contributed by atoms with E-state index in [9.17, 15) is 22.8 Å². The minimum Gasteiger partial charge on any atom is -0.467 e. The minimum absolute atomic E-state index is 0.161. The number of rotatable bonds is 5. The van der Waals surface area contributed by atoms with Crippen molar-refractivity contribution >= 4 is 34.5 Å². The van der Waals surface area contributed by atoms with Crippen molar-refractivity contribution in [2.45, 2.75) is 18.6 Å². The second-order valence-electron chi connectivity index (χ2n) is 5.46. The van der Waals surface area contributed by atoms with Gasteiger partial charge in [0.25, 0.3) is 5.91 Å². The lowest BCUT2D eigenvalue weighted by Crippen LogP contribution is -2.43. The lowest BCUT2D eigenvalue weighted by Gasteiger charge is -2.17. The standard InChI is InChI=1S/C18H15F3INO3/c1-26-17(25)15(9-11-4-2-7-14(22)8-11)23-16(24)12-5-3-6-13(10-12)18(19,20)21/h2-8,10,15H,9H2,1H3,(H,23,24)/t15-/m0/s1. The highest BCUT2D eigenvalue weighted by Crippen LogP contribution is 2.29. The van der Waals surface area contributed by atoms with Crippen molar-refractivity contribution in [2.75, 3.05) is 7.11 Å². The van der Waals surface area contributed by atoms with Crippen molar-refractivity contribution in [3.8, 4) is 0 Å². The van der Waals surface area contributed by atoms with E-state index >= 15 is 0 Å². The van der Waals surface area contributed by atoms with Crippen molar-refractivity contribution < 1.29 is 27.5 Å². The van der Waals surface area contributed by atoms with Crippen LogP contribution in [0.4, 0.5) is 13.2 Å². The molecule has 0 aliphatic heterocycles. The molecule has 2 aromatic rings. The molecule has 8 heteroatoms. The van der Waals surface area contributed by atoms with Crippen LogP contribution in [0.15, 0.2) is 48.5 Å². The first-order chi connectivity index (χ1) is 12.2. The van der Waals surface area contributed by atoms with Gasteiger partial charge in [0, 0.05) is 15.6 Å². The first-order valence-corrected chi connectivity index (χ1v) is 8.59. The molecule has 0 aliphatic carbocycles. The molecular formula is C18H15F3INO3. The van der Waals surface area contributed by atoms with Crippen molar-refractivity contribution in [1.29, 1.82) is 0 Å². The van der Waals surface area contributed by atoms with E-state index in [1.807, 2.05) is 12.1 Å². The zero-order valence-electron chi connectivity index (χ0n) is 13.6. The van der Waals surface area contributed by atoms with Gasteiger partial charge < -0.3 is 10.1 Å². The monoisotopic (exact) mass is 477 g/mol. The molecule has 0 radical (unpaired) electrons. The summed E-state index contributed by atoms with van der Waals surface area (Å²) in [5, 5.41) is 2.45. The summed E-state index contributed by atoms with van der Waals surface area (Å²) in [5.74, 6) is -1.46. The van der Waals surface area contributed by atoms with Gasteiger partial charge in [-0.3, -0.25) is 4.79 Å². The molecule has 4 nitrogen and oxygen atoms in total. The van der Waals surface area contributed by atoms with Crippen LogP contribution in [0.25, 0.3) is 0 Å². The molecule has 0 saturated heterocycles. The van der Waals surface area contributed by atoms with E-state index in [2.05, 4.69) is 27.9 Å². The molecule has 1 N–H and O–H groups in total. The number of halogens is 4.